The third-order valence-corrected chi connectivity index (χ3v) is 2.50. The molecule has 0 spiro atoms. The SMILES string of the molecule is COC([SiH3])=C(OC)C(C)OC. The molecule has 0 amide bonds. The van der Waals surface area contributed by atoms with E-state index in [1.165, 1.54) is 0 Å². The Morgan fingerprint density at radius 3 is 2.00 bits per heavy atom. The van der Waals surface area contributed by atoms with Crippen LogP contribution >= 0.6 is 0 Å². The van der Waals surface area contributed by atoms with Gasteiger partial charge in [0.2, 0.25) is 0 Å². The quantitative estimate of drug-likeness (QED) is 0.440. The smallest absolute Gasteiger partial charge is 0.155 e. The largest absolute Gasteiger partial charge is 0.504 e. The van der Waals surface area contributed by atoms with Gasteiger partial charge in [0.15, 0.2) is 5.76 Å². The zero-order valence-electron chi connectivity index (χ0n) is 7.80. The molecule has 0 bridgehead atoms. The molecule has 0 N–H and O–H groups in total. The fourth-order valence-corrected chi connectivity index (χ4v) is 1.41. The Labute approximate surface area is 70.8 Å². The van der Waals surface area contributed by atoms with Crippen LogP contribution in [-0.2, 0) is 14.2 Å². The van der Waals surface area contributed by atoms with Crippen molar-refractivity contribution in [2.75, 3.05) is 21.3 Å². The molecule has 0 aliphatic rings. The van der Waals surface area contributed by atoms with Crippen LogP contribution < -0.4 is 0 Å². The van der Waals surface area contributed by atoms with Crippen molar-refractivity contribution in [2.24, 2.45) is 0 Å². The first-order valence-electron chi connectivity index (χ1n) is 3.48. The Kier molecular flexibility index (Phi) is 4.98. The molecule has 0 heterocycles. The van der Waals surface area contributed by atoms with Crippen LogP contribution in [0.2, 0.25) is 0 Å². The lowest BCUT2D eigenvalue weighted by atomic mass is 10.3. The van der Waals surface area contributed by atoms with Gasteiger partial charge in [-0.25, -0.2) is 0 Å². The van der Waals surface area contributed by atoms with Crippen molar-refractivity contribution in [2.45, 2.75) is 13.0 Å². The Morgan fingerprint density at radius 1 is 1.18 bits per heavy atom. The number of rotatable bonds is 4. The van der Waals surface area contributed by atoms with Gasteiger partial charge in [-0.3, -0.25) is 0 Å². The summed E-state index contributed by atoms with van der Waals surface area (Å²) in [6.07, 6.45) is -0.0209. The van der Waals surface area contributed by atoms with E-state index in [0.717, 1.165) is 21.4 Å². The second-order valence-electron chi connectivity index (χ2n) is 2.21. The van der Waals surface area contributed by atoms with Crippen LogP contribution in [0.5, 0.6) is 0 Å². The second kappa shape index (κ2) is 5.20. The summed E-state index contributed by atoms with van der Waals surface area (Å²) < 4.78 is 15.3. The molecule has 0 rings (SSSR count). The van der Waals surface area contributed by atoms with Crippen LogP contribution in [0.15, 0.2) is 11.1 Å². The highest BCUT2D eigenvalue weighted by atomic mass is 28.1. The summed E-state index contributed by atoms with van der Waals surface area (Å²) in [6.45, 7) is 1.93. The zero-order chi connectivity index (χ0) is 8.85. The summed E-state index contributed by atoms with van der Waals surface area (Å²) >= 11 is 0. The van der Waals surface area contributed by atoms with Gasteiger partial charge in [-0.15, -0.1) is 0 Å². The minimum absolute atomic E-state index is 0.0209. The third kappa shape index (κ3) is 2.94. The Hall–Kier alpha value is -0.483. The van der Waals surface area contributed by atoms with Crippen LogP contribution in [0.25, 0.3) is 0 Å². The monoisotopic (exact) mass is 176 g/mol. The third-order valence-electron chi connectivity index (χ3n) is 1.60. The maximum Gasteiger partial charge on any atom is 0.155 e. The highest BCUT2D eigenvalue weighted by Crippen LogP contribution is 2.10. The molecule has 0 radical (unpaired) electrons. The van der Waals surface area contributed by atoms with E-state index in [1.807, 2.05) is 6.92 Å². The molecule has 0 saturated heterocycles. The van der Waals surface area contributed by atoms with Gasteiger partial charge >= 0.3 is 0 Å². The van der Waals surface area contributed by atoms with E-state index in [-0.39, 0.29) is 6.10 Å². The van der Waals surface area contributed by atoms with E-state index in [1.54, 1.807) is 21.3 Å². The highest BCUT2D eigenvalue weighted by molar-refractivity contribution is 6.20. The van der Waals surface area contributed by atoms with Crippen molar-refractivity contribution in [3.05, 3.63) is 11.1 Å². The predicted molar refractivity (Wildman–Crippen MR) is 47.5 cm³/mol. The van der Waals surface area contributed by atoms with Gasteiger partial charge in [0, 0.05) is 7.11 Å². The molecule has 0 aromatic heterocycles. The van der Waals surface area contributed by atoms with E-state index >= 15 is 0 Å². The number of methoxy groups -OCH3 is 3. The van der Waals surface area contributed by atoms with E-state index < -0.39 is 0 Å². The van der Waals surface area contributed by atoms with E-state index in [0.29, 0.717) is 0 Å². The minimum atomic E-state index is -0.0209. The van der Waals surface area contributed by atoms with Gasteiger partial charge in [0.25, 0.3) is 0 Å². The molecule has 66 valence electrons. The fourth-order valence-electron chi connectivity index (χ4n) is 0.804. The molecule has 4 heteroatoms. The van der Waals surface area contributed by atoms with Gasteiger partial charge in [0.05, 0.1) is 24.5 Å². The molecule has 3 nitrogen and oxygen atoms in total. The molecular formula is C7H16O3Si. The number of ether oxygens (including phenoxy) is 3. The lowest BCUT2D eigenvalue weighted by Crippen LogP contribution is -2.13. The first kappa shape index (κ1) is 10.5. The summed E-state index contributed by atoms with van der Waals surface area (Å²) in [5, 5.41) is 0.891. The second-order valence-corrected chi connectivity index (χ2v) is 3.11. The van der Waals surface area contributed by atoms with Gasteiger partial charge in [-0.05, 0) is 6.92 Å². The van der Waals surface area contributed by atoms with Gasteiger partial charge < -0.3 is 14.2 Å². The van der Waals surface area contributed by atoms with E-state index in [4.69, 9.17) is 14.2 Å². The summed E-state index contributed by atoms with van der Waals surface area (Å²) in [7, 11) is 5.75. The number of hydrogen-bond acceptors (Lipinski definition) is 3. The van der Waals surface area contributed by atoms with E-state index in [2.05, 4.69) is 0 Å². The maximum atomic E-state index is 5.12. The topological polar surface area (TPSA) is 27.7 Å². The average Bonchev–Trinajstić information content (AvgIpc) is 2.05. The van der Waals surface area contributed by atoms with Crippen molar-refractivity contribution in [3.63, 3.8) is 0 Å². The molecule has 0 saturated carbocycles. The molecular weight excluding hydrogens is 160 g/mol. The molecule has 0 aromatic rings. The standard InChI is InChI=1S/C7H16O3Si/c1-5(8-2)6(9-3)7(11)10-4/h5H,1-4,11H3. The lowest BCUT2D eigenvalue weighted by molar-refractivity contribution is 0.0820. The average molecular weight is 176 g/mol. The van der Waals surface area contributed by atoms with Gasteiger partial charge in [-0.2, -0.15) is 0 Å². The van der Waals surface area contributed by atoms with Crippen molar-refractivity contribution >= 4 is 10.2 Å². The van der Waals surface area contributed by atoms with Crippen LogP contribution in [0, 0.1) is 0 Å². The lowest BCUT2D eigenvalue weighted by Gasteiger charge is -2.15. The molecule has 1 unspecified atom stereocenters. The van der Waals surface area contributed by atoms with Crippen molar-refractivity contribution in [1.82, 2.24) is 0 Å². The predicted octanol–water partition coefficient (Wildman–Crippen LogP) is -0.151. The molecule has 0 aromatic carbocycles. The Morgan fingerprint density at radius 2 is 1.73 bits per heavy atom. The zero-order valence-corrected chi connectivity index (χ0v) is 9.80. The minimum Gasteiger partial charge on any atom is -0.504 e. The van der Waals surface area contributed by atoms with Crippen molar-refractivity contribution in [3.8, 4) is 0 Å². The molecule has 0 aliphatic heterocycles. The summed E-state index contributed by atoms with van der Waals surface area (Å²) in [6, 6.07) is 0. The normalized spacial score (nSPS) is 15.6. The van der Waals surface area contributed by atoms with Gasteiger partial charge in [-0.1, -0.05) is 0 Å². The van der Waals surface area contributed by atoms with Crippen molar-refractivity contribution in [1.29, 1.82) is 0 Å². The highest BCUT2D eigenvalue weighted by Gasteiger charge is 2.11. The van der Waals surface area contributed by atoms with E-state index in [9.17, 15) is 0 Å². The van der Waals surface area contributed by atoms with Crippen LogP contribution in [-0.4, -0.2) is 37.7 Å². The first-order chi connectivity index (χ1) is 5.17. The Bertz CT molecular complexity index is 145. The molecule has 11 heavy (non-hydrogen) atoms. The molecule has 1 atom stereocenters. The summed E-state index contributed by atoms with van der Waals surface area (Å²) in [5.41, 5.74) is 0. The first-order valence-corrected chi connectivity index (χ1v) is 4.48. The Balaban J connectivity index is 4.36. The molecule has 0 aliphatic carbocycles. The summed E-state index contributed by atoms with van der Waals surface area (Å²) in [5.74, 6) is 0.793. The maximum absolute atomic E-state index is 5.12. The van der Waals surface area contributed by atoms with Crippen LogP contribution in [0.3, 0.4) is 0 Å². The van der Waals surface area contributed by atoms with Crippen molar-refractivity contribution < 1.29 is 14.2 Å². The fraction of sp³-hybridized carbons (Fsp3) is 0.714. The number of hydrogen-bond donors (Lipinski definition) is 0. The molecule has 0 fully saturated rings. The summed E-state index contributed by atoms with van der Waals surface area (Å²) in [4.78, 5) is 0. The van der Waals surface area contributed by atoms with Crippen LogP contribution in [0.4, 0.5) is 0 Å². The van der Waals surface area contributed by atoms with Gasteiger partial charge in [0.1, 0.15) is 11.5 Å². The van der Waals surface area contributed by atoms with Crippen LogP contribution in [0.1, 0.15) is 6.92 Å².